The van der Waals surface area contributed by atoms with Crippen LogP contribution in [-0.4, -0.2) is 69.3 Å². The Morgan fingerprint density at radius 3 is 2.33 bits per heavy atom. The van der Waals surface area contributed by atoms with Crippen molar-refractivity contribution in [3.63, 3.8) is 0 Å². The molecule has 11 heteroatoms. The lowest BCUT2D eigenvalue weighted by molar-refractivity contribution is -0.271. The van der Waals surface area contributed by atoms with Crippen molar-refractivity contribution in [1.82, 2.24) is 0 Å². The van der Waals surface area contributed by atoms with E-state index in [1.807, 2.05) is 0 Å². The summed E-state index contributed by atoms with van der Waals surface area (Å²) in [6, 6.07) is 10.5. The number of fused-ring (bicyclic) bond motifs is 1. The number of ether oxygens (including phenoxy) is 3. The molecule has 3 aromatic rings. The third-order valence-corrected chi connectivity index (χ3v) is 5.21. The number of esters is 1. The van der Waals surface area contributed by atoms with E-state index in [0.717, 1.165) is 19.2 Å². The molecule has 5 atom stereocenters. The van der Waals surface area contributed by atoms with Gasteiger partial charge in [0, 0.05) is 17.7 Å². The molecule has 1 fully saturated rings. The van der Waals surface area contributed by atoms with Gasteiger partial charge in [0.05, 0.1) is 7.11 Å². The van der Waals surface area contributed by atoms with Crippen LogP contribution in [0.1, 0.15) is 0 Å². The highest BCUT2D eigenvalue weighted by Gasteiger charge is 2.49. The second-order valence-corrected chi connectivity index (χ2v) is 7.33. The first-order valence-electron chi connectivity index (χ1n) is 9.75. The number of aliphatic hydroxyl groups excluding tert-OH is 3. The molecule has 174 valence electrons. The number of rotatable bonds is 4. The zero-order chi connectivity index (χ0) is 23.9. The fraction of sp³-hybridized carbons (Fsp3) is 0.273. The molecule has 2 heterocycles. The summed E-state index contributed by atoms with van der Waals surface area (Å²) in [5.74, 6) is -2.72. The first-order chi connectivity index (χ1) is 15.7. The standard InChI is InChI=1S/C22H20O11/c1-30-21(29)20-16(27)15(26)17(28)22(33-20)32-18-12(25)7-10(23)14-11(24)8-13(31-19(14)18)9-5-3-2-4-6-9/h2-8,15-17,20,22-23,25-28H,1H3/t15-,16-,17+,20-,22+/m0/s1. The van der Waals surface area contributed by atoms with Crippen LogP contribution in [0, 0.1) is 0 Å². The summed E-state index contributed by atoms with van der Waals surface area (Å²) in [6.45, 7) is 0. The van der Waals surface area contributed by atoms with Crippen LogP contribution >= 0.6 is 0 Å². The summed E-state index contributed by atoms with van der Waals surface area (Å²) in [5, 5.41) is 50.8. The van der Waals surface area contributed by atoms with Crippen molar-refractivity contribution < 1.29 is 49.0 Å². The van der Waals surface area contributed by atoms with Gasteiger partial charge in [0.25, 0.3) is 0 Å². The van der Waals surface area contributed by atoms with Crippen molar-refractivity contribution in [2.45, 2.75) is 30.7 Å². The van der Waals surface area contributed by atoms with Crippen molar-refractivity contribution >= 4 is 16.9 Å². The van der Waals surface area contributed by atoms with E-state index in [-0.39, 0.29) is 16.7 Å². The molecule has 1 aliphatic rings. The zero-order valence-corrected chi connectivity index (χ0v) is 17.1. The zero-order valence-electron chi connectivity index (χ0n) is 17.1. The number of methoxy groups -OCH3 is 1. The second kappa shape index (κ2) is 8.71. The predicted octanol–water partition coefficient (Wildman–Crippen LogP) is 0.231. The van der Waals surface area contributed by atoms with Gasteiger partial charge in [-0.05, 0) is 0 Å². The molecule has 5 N–H and O–H groups in total. The van der Waals surface area contributed by atoms with Gasteiger partial charge in [-0.25, -0.2) is 4.79 Å². The number of benzene rings is 2. The minimum atomic E-state index is -1.87. The maximum Gasteiger partial charge on any atom is 0.337 e. The maximum atomic E-state index is 12.7. The summed E-state index contributed by atoms with van der Waals surface area (Å²) >= 11 is 0. The number of phenols is 2. The van der Waals surface area contributed by atoms with Gasteiger partial charge in [-0.2, -0.15) is 0 Å². The number of hydrogen-bond acceptors (Lipinski definition) is 11. The van der Waals surface area contributed by atoms with E-state index in [2.05, 4.69) is 4.74 Å². The van der Waals surface area contributed by atoms with E-state index in [9.17, 15) is 35.1 Å². The van der Waals surface area contributed by atoms with E-state index >= 15 is 0 Å². The van der Waals surface area contributed by atoms with Crippen LogP contribution in [0.15, 0.2) is 51.7 Å². The molecule has 4 rings (SSSR count). The second-order valence-electron chi connectivity index (χ2n) is 7.33. The molecule has 33 heavy (non-hydrogen) atoms. The van der Waals surface area contributed by atoms with Crippen LogP contribution in [0.5, 0.6) is 17.2 Å². The van der Waals surface area contributed by atoms with Gasteiger partial charge in [0.15, 0.2) is 22.9 Å². The van der Waals surface area contributed by atoms with E-state index < -0.39 is 59.4 Å². The Morgan fingerprint density at radius 2 is 1.67 bits per heavy atom. The van der Waals surface area contributed by atoms with Crippen molar-refractivity contribution in [3.8, 4) is 28.6 Å². The minimum Gasteiger partial charge on any atom is -0.507 e. The fourth-order valence-corrected chi connectivity index (χ4v) is 3.51. The lowest BCUT2D eigenvalue weighted by Crippen LogP contribution is -2.61. The van der Waals surface area contributed by atoms with Crippen LogP contribution in [0.3, 0.4) is 0 Å². The highest BCUT2D eigenvalue weighted by Crippen LogP contribution is 2.42. The van der Waals surface area contributed by atoms with E-state index in [0.29, 0.717) is 5.56 Å². The molecule has 0 aliphatic carbocycles. The van der Waals surface area contributed by atoms with E-state index in [1.54, 1.807) is 30.3 Å². The van der Waals surface area contributed by atoms with Crippen LogP contribution in [0.25, 0.3) is 22.3 Å². The lowest BCUT2D eigenvalue weighted by atomic mass is 9.99. The fourth-order valence-electron chi connectivity index (χ4n) is 3.51. The Balaban J connectivity index is 1.82. The molecule has 1 saturated heterocycles. The van der Waals surface area contributed by atoms with Gasteiger partial charge in [-0.15, -0.1) is 0 Å². The molecule has 0 saturated carbocycles. The largest absolute Gasteiger partial charge is 0.507 e. The molecule has 11 nitrogen and oxygen atoms in total. The molecule has 1 aromatic heterocycles. The first-order valence-corrected chi connectivity index (χ1v) is 9.75. The molecule has 0 unspecified atom stereocenters. The number of carbonyl (C=O) groups excluding carboxylic acids is 1. The van der Waals surface area contributed by atoms with Crippen LogP contribution in [-0.2, 0) is 14.3 Å². The quantitative estimate of drug-likeness (QED) is 0.337. The number of aromatic hydroxyl groups is 2. The van der Waals surface area contributed by atoms with Crippen molar-refractivity contribution in [1.29, 1.82) is 0 Å². The van der Waals surface area contributed by atoms with Gasteiger partial charge in [0.2, 0.25) is 12.0 Å². The lowest BCUT2D eigenvalue weighted by Gasteiger charge is -2.38. The molecular weight excluding hydrogens is 440 g/mol. The Hall–Kier alpha value is -3.64. The van der Waals surface area contributed by atoms with Gasteiger partial charge >= 0.3 is 5.97 Å². The topological polar surface area (TPSA) is 176 Å². The Bertz CT molecular complexity index is 1240. The summed E-state index contributed by atoms with van der Waals surface area (Å²) < 4.78 is 21.1. The van der Waals surface area contributed by atoms with Crippen LogP contribution in [0.4, 0.5) is 0 Å². The molecule has 1 aliphatic heterocycles. The first kappa shape index (κ1) is 22.6. The maximum absolute atomic E-state index is 12.7. The van der Waals surface area contributed by atoms with Crippen molar-refractivity contribution in [3.05, 3.63) is 52.7 Å². The monoisotopic (exact) mass is 460 g/mol. The number of aliphatic hydroxyl groups is 3. The molecule has 0 bridgehead atoms. The number of phenolic OH excluding ortho intramolecular Hbond substituents is 2. The molecular formula is C22H20O11. The molecule has 0 spiro atoms. The van der Waals surface area contributed by atoms with Gasteiger partial charge in [-0.1, -0.05) is 30.3 Å². The summed E-state index contributed by atoms with van der Waals surface area (Å²) in [5.41, 5.74) is -0.501. The third-order valence-electron chi connectivity index (χ3n) is 5.21. The Kier molecular flexibility index (Phi) is 5.95. The molecule has 0 radical (unpaired) electrons. The van der Waals surface area contributed by atoms with Crippen LogP contribution in [0.2, 0.25) is 0 Å². The smallest absolute Gasteiger partial charge is 0.337 e. The van der Waals surface area contributed by atoms with Gasteiger partial charge in [0.1, 0.15) is 35.2 Å². The minimum absolute atomic E-state index is 0.0935. The number of hydrogen-bond donors (Lipinski definition) is 5. The average molecular weight is 460 g/mol. The molecule has 0 amide bonds. The highest BCUT2D eigenvalue weighted by atomic mass is 16.7. The van der Waals surface area contributed by atoms with E-state index in [4.69, 9.17) is 13.9 Å². The van der Waals surface area contributed by atoms with Crippen LogP contribution < -0.4 is 10.2 Å². The third kappa shape index (κ3) is 3.98. The summed E-state index contributed by atoms with van der Waals surface area (Å²) in [4.78, 5) is 24.6. The summed E-state index contributed by atoms with van der Waals surface area (Å²) in [7, 11) is 1.03. The number of carbonyl (C=O) groups is 1. The van der Waals surface area contributed by atoms with Crippen molar-refractivity contribution in [2.24, 2.45) is 0 Å². The predicted molar refractivity (Wildman–Crippen MR) is 111 cm³/mol. The Labute approximate surface area is 185 Å². The Morgan fingerprint density at radius 1 is 0.970 bits per heavy atom. The van der Waals surface area contributed by atoms with Gasteiger partial charge < -0.3 is 44.2 Å². The van der Waals surface area contributed by atoms with E-state index in [1.165, 1.54) is 0 Å². The summed E-state index contributed by atoms with van der Waals surface area (Å²) in [6.07, 6.45) is -9.06. The van der Waals surface area contributed by atoms with Gasteiger partial charge in [-0.3, -0.25) is 4.79 Å². The normalized spacial score (nSPS) is 25.0. The highest BCUT2D eigenvalue weighted by molar-refractivity contribution is 5.91. The van der Waals surface area contributed by atoms with Crippen molar-refractivity contribution in [2.75, 3.05) is 7.11 Å². The average Bonchev–Trinajstić information content (AvgIpc) is 2.81. The SMILES string of the molecule is COC(=O)[C@H]1O[C@@H](Oc2c(O)cc(O)c3c(=O)cc(-c4ccccc4)oc23)[C@H](O)[C@@H](O)[C@@H]1O. The molecule has 2 aromatic carbocycles.